The van der Waals surface area contributed by atoms with Gasteiger partial charge in [-0.3, -0.25) is 0 Å². The molecular weight excluding hydrogens is 172 g/mol. The van der Waals surface area contributed by atoms with Gasteiger partial charge in [0, 0.05) is 0 Å². The Kier molecular flexibility index (Phi) is 4.37. The van der Waals surface area contributed by atoms with Crippen molar-refractivity contribution in [2.75, 3.05) is 6.61 Å². The minimum atomic E-state index is -2.43. The largest absolute Gasteiger partial charge is 0.393 e. The standard InChI is InChI=1S/C5H8O7/c6-1-2(7)4(10)12-5(11)3(8)9/h2-3,6-9H,1H2. The minimum Gasteiger partial charge on any atom is -0.393 e. The molecule has 0 aromatic rings. The van der Waals surface area contributed by atoms with Crippen LogP contribution in [0.5, 0.6) is 0 Å². The number of hydrogen-bond acceptors (Lipinski definition) is 7. The van der Waals surface area contributed by atoms with Crippen LogP contribution in [0.2, 0.25) is 0 Å². The van der Waals surface area contributed by atoms with Crippen molar-refractivity contribution in [1.29, 1.82) is 0 Å². The molecular formula is C5H8O7. The summed E-state index contributed by atoms with van der Waals surface area (Å²) >= 11 is 0. The third-order valence-corrected chi connectivity index (χ3v) is 0.857. The lowest BCUT2D eigenvalue weighted by atomic mass is 10.4. The van der Waals surface area contributed by atoms with Crippen molar-refractivity contribution in [2.45, 2.75) is 12.4 Å². The summed E-state index contributed by atoms with van der Waals surface area (Å²) in [6.07, 6.45) is -4.28. The van der Waals surface area contributed by atoms with Crippen molar-refractivity contribution in [3.63, 3.8) is 0 Å². The van der Waals surface area contributed by atoms with E-state index in [1.165, 1.54) is 0 Å². The second-order valence-corrected chi connectivity index (χ2v) is 1.81. The lowest BCUT2D eigenvalue weighted by molar-refractivity contribution is -0.184. The van der Waals surface area contributed by atoms with Gasteiger partial charge in [0.15, 0.2) is 6.10 Å². The van der Waals surface area contributed by atoms with E-state index in [1.54, 1.807) is 0 Å². The average molecular weight is 180 g/mol. The smallest absolute Gasteiger partial charge is 0.370 e. The van der Waals surface area contributed by atoms with Gasteiger partial charge in [0.2, 0.25) is 0 Å². The molecule has 4 N–H and O–H groups in total. The third kappa shape index (κ3) is 3.39. The van der Waals surface area contributed by atoms with Gasteiger partial charge in [-0.2, -0.15) is 0 Å². The van der Waals surface area contributed by atoms with Crippen molar-refractivity contribution in [2.24, 2.45) is 0 Å². The van der Waals surface area contributed by atoms with Gasteiger partial charge in [0.1, 0.15) is 0 Å². The lowest BCUT2D eigenvalue weighted by Gasteiger charge is -2.06. The van der Waals surface area contributed by atoms with Crippen LogP contribution in [0.1, 0.15) is 0 Å². The number of carbonyl (C=O) groups excluding carboxylic acids is 2. The first-order valence-electron chi connectivity index (χ1n) is 2.89. The van der Waals surface area contributed by atoms with E-state index in [-0.39, 0.29) is 0 Å². The molecule has 0 spiro atoms. The highest BCUT2D eigenvalue weighted by molar-refractivity contribution is 5.89. The summed E-state index contributed by atoms with van der Waals surface area (Å²) in [6, 6.07) is 0. The van der Waals surface area contributed by atoms with E-state index in [4.69, 9.17) is 20.4 Å². The third-order valence-electron chi connectivity index (χ3n) is 0.857. The van der Waals surface area contributed by atoms with Crippen molar-refractivity contribution in [3.05, 3.63) is 0 Å². The van der Waals surface area contributed by atoms with Crippen molar-refractivity contribution in [1.82, 2.24) is 0 Å². The van der Waals surface area contributed by atoms with Gasteiger partial charge in [-0.15, -0.1) is 0 Å². The SMILES string of the molecule is O=C(OC(=O)C(O)CO)C(O)O. The molecule has 0 aromatic carbocycles. The molecule has 12 heavy (non-hydrogen) atoms. The quantitative estimate of drug-likeness (QED) is 0.204. The van der Waals surface area contributed by atoms with Crippen LogP contribution < -0.4 is 0 Å². The zero-order valence-electron chi connectivity index (χ0n) is 5.88. The van der Waals surface area contributed by atoms with Crippen molar-refractivity contribution < 1.29 is 34.8 Å². The molecule has 7 heteroatoms. The van der Waals surface area contributed by atoms with Crippen LogP contribution in [0.4, 0.5) is 0 Å². The van der Waals surface area contributed by atoms with E-state index in [1.807, 2.05) is 0 Å². The summed E-state index contributed by atoms with van der Waals surface area (Å²) in [5.41, 5.74) is 0. The number of esters is 2. The van der Waals surface area contributed by atoms with Crippen LogP contribution in [0, 0.1) is 0 Å². The molecule has 70 valence electrons. The predicted octanol–water partition coefficient (Wildman–Crippen LogP) is -3.28. The molecule has 0 aliphatic rings. The Morgan fingerprint density at radius 1 is 1.17 bits per heavy atom. The zero-order valence-corrected chi connectivity index (χ0v) is 5.88. The van der Waals surface area contributed by atoms with E-state index in [0.29, 0.717) is 0 Å². The molecule has 0 aliphatic heterocycles. The van der Waals surface area contributed by atoms with Gasteiger partial charge in [0.05, 0.1) is 6.61 Å². The van der Waals surface area contributed by atoms with Crippen molar-refractivity contribution in [3.8, 4) is 0 Å². The van der Waals surface area contributed by atoms with Crippen molar-refractivity contribution >= 4 is 11.9 Å². The Morgan fingerprint density at radius 2 is 1.67 bits per heavy atom. The monoisotopic (exact) mass is 180 g/mol. The zero-order chi connectivity index (χ0) is 9.72. The van der Waals surface area contributed by atoms with Gasteiger partial charge in [-0.25, -0.2) is 9.59 Å². The molecule has 0 saturated carbocycles. The summed E-state index contributed by atoms with van der Waals surface area (Å²) in [5.74, 6) is -3.04. The second kappa shape index (κ2) is 4.78. The summed E-state index contributed by atoms with van der Waals surface area (Å²) < 4.78 is 3.68. The van der Waals surface area contributed by atoms with Crippen LogP contribution in [-0.4, -0.2) is 51.4 Å². The Hall–Kier alpha value is -1.02. The van der Waals surface area contributed by atoms with Crippen LogP contribution >= 0.6 is 0 Å². The Balaban J connectivity index is 3.93. The summed E-state index contributed by atoms with van der Waals surface area (Å²) in [6.45, 7) is -0.909. The number of aliphatic hydroxyl groups excluding tert-OH is 3. The minimum absolute atomic E-state index is 0.909. The van der Waals surface area contributed by atoms with Gasteiger partial charge >= 0.3 is 11.9 Å². The molecule has 0 bridgehead atoms. The Labute approximate surface area is 66.8 Å². The molecule has 1 unspecified atom stereocenters. The first-order valence-corrected chi connectivity index (χ1v) is 2.89. The number of hydrogen-bond donors (Lipinski definition) is 4. The normalized spacial score (nSPS) is 12.8. The molecule has 7 nitrogen and oxygen atoms in total. The number of carbonyl (C=O) groups is 2. The average Bonchev–Trinajstić information content (AvgIpc) is 2.02. The summed E-state index contributed by atoms with van der Waals surface area (Å²) in [5, 5.41) is 32.9. The summed E-state index contributed by atoms with van der Waals surface area (Å²) in [7, 11) is 0. The van der Waals surface area contributed by atoms with Crippen LogP contribution in [-0.2, 0) is 14.3 Å². The van der Waals surface area contributed by atoms with E-state index < -0.39 is 30.9 Å². The molecule has 0 heterocycles. The Bertz CT molecular complexity index is 175. The maximum Gasteiger partial charge on any atom is 0.370 e. The molecule has 0 aromatic heterocycles. The molecule has 1 atom stereocenters. The fourth-order valence-electron chi connectivity index (χ4n) is 0.294. The maximum absolute atomic E-state index is 10.4. The van der Waals surface area contributed by atoms with E-state index in [0.717, 1.165) is 0 Å². The number of ether oxygens (including phenoxy) is 1. The van der Waals surface area contributed by atoms with Crippen LogP contribution in [0.25, 0.3) is 0 Å². The van der Waals surface area contributed by atoms with E-state index >= 15 is 0 Å². The predicted molar refractivity (Wildman–Crippen MR) is 32.4 cm³/mol. The van der Waals surface area contributed by atoms with E-state index in [2.05, 4.69) is 4.74 Å². The van der Waals surface area contributed by atoms with E-state index in [9.17, 15) is 9.59 Å². The second-order valence-electron chi connectivity index (χ2n) is 1.81. The molecule has 0 rings (SSSR count). The number of aliphatic hydroxyl groups is 4. The maximum atomic E-state index is 10.4. The highest BCUT2D eigenvalue weighted by atomic mass is 16.6. The number of rotatable bonds is 3. The Morgan fingerprint density at radius 3 is 2.00 bits per heavy atom. The fraction of sp³-hybridized carbons (Fsp3) is 0.600. The van der Waals surface area contributed by atoms with Crippen LogP contribution in [0.15, 0.2) is 0 Å². The van der Waals surface area contributed by atoms with Gasteiger partial charge in [0.25, 0.3) is 6.29 Å². The highest BCUT2D eigenvalue weighted by Crippen LogP contribution is 1.90. The van der Waals surface area contributed by atoms with Crippen LogP contribution in [0.3, 0.4) is 0 Å². The van der Waals surface area contributed by atoms with Gasteiger partial charge in [-0.1, -0.05) is 0 Å². The summed E-state index contributed by atoms with van der Waals surface area (Å²) in [4.78, 5) is 20.7. The van der Waals surface area contributed by atoms with Gasteiger partial charge < -0.3 is 25.2 Å². The molecule has 0 amide bonds. The first kappa shape index (κ1) is 11.0. The molecule has 0 radical (unpaired) electrons. The fourth-order valence-corrected chi connectivity index (χ4v) is 0.294. The molecule has 0 saturated heterocycles. The molecule has 0 aliphatic carbocycles. The highest BCUT2D eigenvalue weighted by Gasteiger charge is 2.22. The lowest BCUT2D eigenvalue weighted by Crippen LogP contribution is -2.33. The topological polar surface area (TPSA) is 124 Å². The molecule has 0 fully saturated rings. The first-order chi connectivity index (χ1) is 5.49. The van der Waals surface area contributed by atoms with Gasteiger partial charge in [-0.05, 0) is 0 Å².